The minimum absolute atomic E-state index is 0.0128. The molecule has 1 aromatic carbocycles. The predicted molar refractivity (Wildman–Crippen MR) is 71.8 cm³/mol. The van der Waals surface area contributed by atoms with Crippen molar-refractivity contribution < 1.29 is 4.92 Å². The van der Waals surface area contributed by atoms with Gasteiger partial charge in [0.1, 0.15) is 11.4 Å². The summed E-state index contributed by atoms with van der Waals surface area (Å²) in [4.78, 5) is 12.8. The van der Waals surface area contributed by atoms with Crippen LogP contribution in [0, 0.1) is 10.1 Å². The number of anilines is 2. The van der Waals surface area contributed by atoms with Crippen LogP contribution >= 0.6 is 0 Å². The highest BCUT2D eigenvalue weighted by molar-refractivity contribution is 5.75. The second-order valence-electron chi connectivity index (χ2n) is 4.85. The number of nitro groups is 1. The van der Waals surface area contributed by atoms with Gasteiger partial charge in [-0.2, -0.15) is 0 Å². The Balaban J connectivity index is 2.38. The molecule has 6 nitrogen and oxygen atoms in total. The summed E-state index contributed by atoms with van der Waals surface area (Å²) in [6.45, 7) is 5.63. The summed E-state index contributed by atoms with van der Waals surface area (Å²) < 4.78 is 0. The molecule has 1 fully saturated rings. The Bertz CT molecular complexity index is 453. The van der Waals surface area contributed by atoms with Crippen molar-refractivity contribution in [3.05, 3.63) is 28.3 Å². The van der Waals surface area contributed by atoms with E-state index in [1.165, 1.54) is 0 Å². The minimum atomic E-state index is -0.401. The van der Waals surface area contributed by atoms with Gasteiger partial charge in [0.15, 0.2) is 0 Å². The summed E-state index contributed by atoms with van der Waals surface area (Å²) in [6.07, 6.45) is 0. The summed E-state index contributed by atoms with van der Waals surface area (Å²) in [5, 5.41) is 14.5. The van der Waals surface area contributed by atoms with Gasteiger partial charge in [-0.25, -0.2) is 0 Å². The zero-order chi connectivity index (χ0) is 13.3. The third kappa shape index (κ3) is 2.38. The molecule has 98 valence electrons. The van der Waals surface area contributed by atoms with Crippen molar-refractivity contribution in [2.24, 2.45) is 0 Å². The van der Waals surface area contributed by atoms with Gasteiger partial charge >= 0.3 is 5.69 Å². The molecule has 2 rings (SSSR count). The van der Waals surface area contributed by atoms with Crippen LogP contribution in [0.25, 0.3) is 0 Å². The molecule has 2 atom stereocenters. The van der Waals surface area contributed by atoms with Crippen LogP contribution in [0.2, 0.25) is 0 Å². The Kier molecular flexibility index (Phi) is 3.38. The highest BCUT2D eigenvalue weighted by Crippen LogP contribution is 2.34. The lowest BCUT2D eigenvalue weighted by atomic mass is 10.1. The van der Waals surface area contributed by atoms with Crippen LogP contribution in [0.5, 0.6) is 0 Å². The maximum atomic E-state index is 11.1. The molecule has 0 aliphatic carbocycles. The number of nitrogens with two attached hydrogens (primary N) is 1. The quantitative estimate of drug-likeness (QED) is 0.470. The lowest BCUT2D eigenvalue weighted by Gasteiger charge is -2.37. The third-order valence-electron chi connectivity index (χ3n) is 3.13. The number of nitrogen functional groups attached to an aromatic ring is 1. The van der Waals surface area contributed by atoms with Crippen molar-refractivity contribution in [2.75, 3.05) is 23.7 Å². The maximum Gasteiger partial charge on any atom is 0.315 e. The van der Waals surface area contributed by atoms with Gasteiger partial charge in [-0.1, -0.05) is 6.07 Å². The molecule has 0 amide bonds. The number of para-hydroxylation sites is 1. The average Bonchev–Trinajstić information content (AvgIpc) is 2.26. The van der Waals surface area contributed by atoms with E-state index in [4.69, 9.17) is 5.73 Å². The molecule has 6 heteroatoms. The number of hydrogen-bond donors (Lipinski definition) is 2. The van der Waals surface area contributed by atoms with Gasteiger partial charge in [0, 0.05) is 25.2 Å². The highest BCUT2D eigenvalue weighted by atomic mass is 16.6. The van der Waals surface area contributed by atoms with E-state index < -0.39 is 4.92 Å². The van der Waals surface area contributed by atoms with E-state index in [2.05, 4.69) is 19.2 Å². The molecule has 1 aromatic rings. The molecule has 0 spiro atoms. The minimum Gasteiger partial charge on any atom is -0.393 e. The van der Waals surface area contributed by atoms with E-state index in [-0.39, 0.29) is 11.4 Å². The number of nitrogens with one attached hydrogen (secondary N) is 1. The van der Waals surface area contributed by atoms with Crippen molar-refractivity contribution in [2.45, 2.75) is 25.9 Å². The monoisotopic (exact) mass is 250 g/mol. The first-order valence-corrected chi connectivity index (χ1v) is 6.03. The molecule has 0 aromatic heterocycles. The van der Waals surface area contributed by atoms with Crippen molar-refractivity contribution in [1.29, 1.82) is 0 Å². The Morgan fingerprint density at radius 2 is 2.00 bits per heavy atom. The Morgan fingerprint density at radius 3 is 2.56 bits per heavy atom. The highest BCUT2D eigenvalue weighted by Gasteiger charge is 2.27. The Morgan fingerprint density at radius 1 is 1.39 bits per heavy atom. The van der Waals surface area contributed by atoms with Gasteiger partial charge in [-0.3, -0.25) is 10.1 Å². The zero-order valence-corrected chi connectivity index (χ0v) is 10.6. The molecule has 3 N–H and O–H groups in total. The number of rotatable bonds is 2. The first-order chi connectivity index (χ1) is 8.49. The molecule has 1 aliphatic rings. The number of benzene rings is 1. The predicted octanol–water partition coefficient (Wildman–Crippen LogP) is 1.36. The van der Waals surface area contributed by atoms with Gasteiger partial charge in [0.25, 0.3) is 0 Å². The molecule has 1 aliphatic heterocycles. The standard InChI is InChI=1S/C12H18N4O2/c1-8-6-15(7-9(2)14-8)11-5-3-4-10(13)12(11)16(17)18/h3-5,8-9,14H,6-7,13H2,1-2H3. The summed E-state index contributed by atoms with van der Waals surface area (Å²) in [5.74, 6) is 0. The fourth-order valence-electron chi connectivity index (χ4n) is 2.53. The van der Waals surface area contributed by atoms with Crippen LogP contribution in [0.1, 0.15) is 13.8 Å². The van der Waals surface area contributed by atoms with Gasteiger partial charge in [-0.05, 0) is 26.0 Å². The molecular formula is C12H18N4O2. The SMILES string of the molecule is CC1CN(c2cccc(N)c2[N+](=O)[O-])CC(C)N1. The first kappa shape index (κ1) is 12.6. The van der Waals surface area contributed by atoms with E-state index >= 15 is 0 Å². The third-order valence-corrected chi connectivity index (χ3v) is 3.13. The van der Waals surface area contributed by atoms with Crippen LogP contribution in [-0.2, 0) is 0 Å². The van der Waals surface area contributed by atoms with Gasteiger partial charge in [0.2, 0.25) is 0 Å². The van der Waals surface area contributed by atoms with E-state index in [1.54, 1.807) is 18.2 Å². The Labute approximate surface area is 106 Å². The molecule has 0 saturated carbocycles. The lowest BCUT2D eigenvalue weighted by Crippen LogP contribution is -2.54. The molecule has 2 unspecified atom stereocenters. The fraction of sp³-hybridized carbons (Fsp3) is 0.500. The average molecular weight is 250 g/mol. The van der Waals surface area contributed by atoms with E-state index in [9.17, 15) is 10.1 Å². The summed E-state index contributed by atoms with van der Waals surface area (Å²) in [5.41, 5.74) is 6.56. The van der Waals surface area contributed by atoms with E-state index in [1.807, 2.05) is 4.90 Å². The largest absolute Gasteiger partial charge is 0.393 e. The summed E-state index contributed by atoms with van der Waals surface area (Å²) >= 11 is 0. The molecule has 18 heavy (non-hydrogen) atoms. The van der Waals surface area contributed by atoms with Crippen LogP contribution in [-0.4, -0.2) is 30.1 Å². The number of nitrogens with zero attached hydrogens (tertiary/aromatic N) is 2. The first-order valence-electron chi connectivity index (χ1n) is 6.03. The summed E-state index contributed by atoms with van der Waals surface area (Å²) in [6, 6.07) is 5.69. The van der Waals surface area contributed by atoms with Crippen LogP contribution in [0.4, 0.5) is 17.1 Å². The second-order valence-corrected chi connectivity index (χ2v) is 4.85. The smallest absolute Gasteiger partial charge is 0.315 e. The van der Waals surface area contributed by atoms with Crippen LogP contribution in [0.3, 0.4) is 0 Å². The molecule has 0 bridgehead atoms. The van der Waals surface area contributed by atoms with Crippen molar-refractivity contribution in [3.8, 4) is 0 Å². The van der Waals surface area contributed by atoms with E-state index in [0.29, 0.717) is 17.8 Å². The number of piperazine rings is 1. The van der Waals surface area contributed by atoms with Crippen molar-refractivity contribution >= 4 is 17.1 Å². The zero-order valence-electron chi connectivity index (χ0n) is 10.6. The molecular weight excluding hydrogens is 232 g/mol. The van der Waals surface area contributed by atoms with Crippen molar-refractivity contribution in [3.63, 3.8) is 0 Å². The van der Waals surface area contributed by atoms with Crippen LogP contribution < -0.4 is 16.0 Å². The van der Waals surface area contributed by atoms with Crippen LogP contribution in [0.15, 0.2) is 18.2 Å². The second kappa shape index (κ2) is 4.81. The van der Waals surface area contributed by atoms with E-state index in [0.717, 1.165) is 13.1 Å². The molecule has 1 heterocycles. The molecule has 0 radical (unpaired) electrons. The Hall–Kier alpha value is -1.82. The fourth-order valence-corrected chi connectivity index (χ4v) is 2.53. The topological polar surface area (TPSA) is 84.4 Å². The maximum absolute atomic E-state index is 11.1. The van der Waals surface area contributed by atoms with Crippen molar-refractivity contribution in [1.82, 2.24) is 5.32 Å². The summed E-state index contributed by atoms with van der Waals surface area (Å²) in [7, 11) is 0. The van der Waals surface area contributed by atoms with Gasteiger partial charge in [-0.15, -0.1) is 0 Å². The number of hydrogen-bond acceptors (Lipinski definition) is 5. The van der Waals surface area contributed by atoms with Gasteiger partial charge in [0.05, 0.1) is 4.92 Å². The normalized spacial score (nSPS) is 24.0. The lowest BCUT2D eigenvalue weighted by molar-refractivity contribution is -0.383. The van der Waals surface area contributed by atoms with Gasteiger partial charge < -0.3 is 16.0 Å². The number of nitro benzene ring substituents is 1. The molecule has 1 saturated heterocycles.